The summed E-state index contributed by atoms with van der Waals surface area (Å²) >= 11 is 0. The van der Waals surface area contributed by atoms with Gasteiger partial charge < -0.3 is 20.1 Å². The molecule has 5 rings (SSSR count). The highest BCUT2D eigenvalue weighted by atomic mass is 16.5. The third kappa shape index (κ3) is 6.19. The van der Waals surface area contributed by atoms with Gasteiger partial charge in [0.05, 0.1) is 19.4 Å². The molecule has 1 amide bonds. The van der Waals surface area contributed by atoms with Crippen molar-refractivity contribution in [1.29, 1.82) is 0 Å². The molecule has 1 fully saturated rings. The molecule has 0 saturated carbocycles. The number of piperazine rings is 1. The molecule has 3 N–H and O–H groups in total. The molecule has 210 valence electrons. The molecule has 0 atom stereocenters. The van der Waals surface area contributed by atoms with Crippen LogP contribution in [0.3, 0.4) is 0 Å². The fourth-order valence-corrected chi connectivity index (χ4v) is 4.81. The van der Waals surface area contributed by atoms with Crippen LogP contribution in [0.5, 0.6) is 0 Å². The van der Waals surface area contributed by atoms with Crippen molar-refractivity contribution in [3.05, 3.63) is 60.9 Å². The summed E-state index contributed by atoms with van der Waals surface area (Å²) in [6.07, 6.45) is 3.11. The molecule has 0 spiro atoms. The Hall–Kier alpha value is -4.15. The maximum absolute atomic E-state index is 12.0. The van der Waals surface area contributed by atoms with Gasteiger partial charge in [-0.2, -0.15) is 9.61 Å². The van der Waals surface area contributed by atoms with Crippen molar-refractivity contribution in [3.63, 3.8) is 0 Å². The molecule has 1 aliphatic heterocycles. The monoisotopic (exact) mass is 543 g/mol. The van der Waals surface area contributed by atoms with Crippen LogP contribution >= 0.6 is 0 Å². The minimum atomic E-state index is -0.471. The number of methoxy groups -OCH3 is 1. The van der Waals surface area contributed by atoms with E-state index in [0.29, 0.717) is 23.8 Å². The van der Waals surface area contributed by atoms with Crippen LogP contribution in [-0.2, 0) is 9.47 Å². The Balaban J connectivity index is 1.28. The standard InChI is InChI=1S/C30H37N7O3/c1-21(2)20-40-30(38)34-24-8-4-22(5-9-24)26-18-32-29-27(19-33-37(29)28(26)31)23-6-10-25(11-7-23)36-14-12-35(13-15-36)16-17-39-3/h4-11,18-19,21H,12-17,20,31H2,1-3H3,(H,34,38). The van der Waals surface area contributed by atoms with Gasteiger partial charge in [0.25, 0.3) is 0 Å². The van der Waals surface area contributed by atoms with E-state index in [0.717, 1.165) is 61.6 Å². The number of ether oxygens (including phenoxy) is 2. The van der Waals surface area contributed by atoms with Gasteiger partial charge in [-0.15, -0.1) is 0 Å². The van der Waals surface area contributed by atoms with Crippen LogP contribution in [0, 0.1) is 5.92 Å². The molecular formula is C30H37N7O3. The van der Waals surface area contributed by atoms with Gasteiger partial charge in [-0.05, 0) is 41.3 Å². The number of carbonyl (C=O) groups is 1. The first-order valence-corrected chi connectivity index (χ1v) is 13.7. The second-order valence-corrected chi connectivity index (χ2v) is 10.4. The van der Waals surface area contributed by atoms with Gasteiger partial charge in [0, 0.05) is 68.5 Å². The lowest BCUT2D eigenvalue weighted by Gasteiger charge is -2.36. The summed E-state index contributed by atoms with van der Waals surface area (Å²) in [5.74, 6) is 0.773. The molecule has 40 heavy (non-hydrogen) atoms. The zero-order chi connectivity index (χ0) is 28.1. The fraction of sp³-hybridized carbons (Fsp3) is 0.367. The van der Waals surface area contributed by atoms with Gasteiger partial charge in [-0.25, -0.2) is 9.78 Å². The summed E-state index contributed by atoms with van der Waals surface area (Å²) in [4.78, 5) is 21.5. The second-order valence-electron chi connectivity index (χ2n) is 10.4. The van der Waals surface area contributed by atoms with E-state index in [9.17, 15) is 4.79 Å². The molecule has 0 bridgehead atoms. The summed E-state index contributed by atoms with van der Waals surface area (Å²) in [7, 11) is 1.75. The molecular weight excluding hydrogens is 506 g/mol. The van der Waals surface area contributed by atoms with Crippen LogP contribution in [0.25, 0.3) is 27.9 Å². The fourth-order valence-electron chi connectivity index (χ4n) is 4.81. The predicted molar refractivity (Wildman–Crippen MR) is 159 cm³/mol. The summed E-state index contributed by atoms with van der Waals surface area (Å²) in [5.41, 5.74) is 12.7. The molecule has 10 heteroatoms. The van der Waals surface area contributed by atoms with Gasteiger partial charge >= 0.3 is 6.09 Å². The number of hydrogen-bond donors (Lipinski definition) is 2. The van der Waals surface area contributed by atoms with Gasteiger partial charge in [0.15, 0.2) is 5.65 Å². The largest absolute Gasteiger partial charge is 0.449 e. The first-order valence-electron chi connectivity index (χ1n) is 13.7. The van der Waals surface area contributed by atoms with E-state index in [1.165, 1.54) is 5.69 Å². The number of nitrogen functional groups attached to an aromatic ring is 1. The number of hydrogen-bond acceptors (Lipinski definition) is 8. The highest BCUT2D eigenvalue weighted by Crippen LogP contribution is 2.31. The number of fused-ring (bicyclic) bond motifs is 1. The van der Waals surface area contributed by atoms with E-state index in [1.54, 1.807) is 17.8 Å². The van der Waals surface area contributed by atoms with Gasteiger partial charge in [-0.3, -0.25) is 10.2 Å². The van der Waals surface area contributed by atoms with E-state index in [4.69, 9.17) is 20.2 Å². The molecule has 10 nitrogen and oxygen atoms in total. The van der Waals surface area contributed by atoms with Gasteiger partial charge in [0.1, 0.15) is 5.82 Å². The zero-order valence-electron chi connectivity index (χ0n) is 23.3. The highest BCUT2D eigenvalue weighted by molar-refractivity contribution is 5.86. The molecule has 1 aliphatic rings. The first-order chi connectivity index (χ1) is 19.4. The Kier molecular flexibility index (Phi) is 8.47. The molecule has 3 heterocycles. The number of aromatic nitrogens is 3. The van der Waals surface area contributed by atoms with Crippen LogP contribution in [0.15, 0.2) is 60.9 Å². The number of anilines is 3. The van der Waals surface area contributed by atoms with E-state index in [2.05, 4.69) is 44.5 Å². The third-order valence-electron chi connectivity index (χ3n) is 7.08. The Morgan fingerprint density at radius 2 is 1.65 bits per heavy atom. The van der Waals surface area contributed by atoms with Crippen LogP contribution < -0.4 is 16.0 Å². The molecule has 0 aliphatic carbocycles. The average molecular weight is 544 g/mol. The molecule has 2 aromatic carbocycles. The minimum Gasteiger partial charge on any atom is -0.449 e. The van der Waals surface area contributed by atoms with Crippen molar-refractivity contribution in [2.24, 2.45) is 5.92 Å². The van der Waals surface area contributed by atoms with Crippen LogP contribution in [0.2, 0.25) is 0 Å². The predicted octanol–water partition coefficient (Wildman–Crippen LogP) is 4.62. The van der Waals surface area contributed by atoms with Crippen molar-refractivity contribution in [2.45, 2.75) is 13.8 Å². The normalized spacial score (nSPS) is 14.2. The van der Waals surface area contributed by atoms with E-state index in [1.807, 2.05) is 44.3 Å². The number of nitrogens with two attached hydrogens (primary N) is 1. The number of benzene rings is 2. The summed E-state index contributed by atoms with van der Waals surface area (Å²) in [5, 5.41) is 7.29. The van der Waals surface area contributed by atoms with Crippen LogP contribution in [0.1, 0.15) is 13.8 Å². The summed E-state index contributed by atoms with van der Waals surface area (Å²) in [6, 6.07) is 16.0. The maximum atomic E-state index is 12.0. The maximum Gasteiger partial charge on any atom is 0.411 e. The molecule has 2 aromatic heterocycles. The topological polar surface area (TPSA) is 110 Å². The van der Waals surface area contributed by atoms with Crippen molar-refractivity contribution in [3.8, 4) is 22.3 Å². The quantitative estimate of drug-likeness (QED) is 0.315. The Morgan fingerprint density at radius 1 is 0.975 bits per heavy atom. The summed E-state index contributed by atoms with van der Waals surface area (Å²) in [6.45, 7) is 10.2. The smallest absolute Gasteiger partial charge is 0.411 e. The van der Waals surface area contributed by atoms with Crippen molar-refractivity contribution >= 4 is 28.9 Å². The Bertz CT molecular complexity index is 1430. The van der Waals surface area contributed by atoms with E-state index < -0.39 is 6.09 Å². The van der Waals surface area contributed by atoms with Gasteiger partial charge in [0.2, 0.25) is 0 Å². The number of nitrogens with one attached hydrogen (secondary N) is 1. The lowest BCUT2D eigenvalue weighted by atomic mass is 10.1. The van der Waals surface area contributed by atoms with Crippen LogP contribution in [0.4, 0.5) is 22.0 Å². The molecule has 4 aromatic rings. The van der Waals surface area contributed by atoms with Gasteiger partial charge in [-0.1, -0.05) is 38.1 Å². The lowest BCUT2D eigenvalue weighted by Crippen LogP contribution is -2.47. The highest BCUT2D eigenvalue weighted by Gasteiger charge is 2.18. The third-order valence-corrected chi connectivity index (χ3v) is 7.08. The van der Waals surface area contributed by atoms with E-state index in [-0.39, 0.29) is 5.92 Å². The van der Waals surface area contributed by atoms with Crippen molar-refractivity contribution < 1.29 is 14.3 Å². The first kappa shape index (κ1) is 27.4. The number of rotatable bonds is 9. The number of nitrogens with zero attached hydrogens (tertiary/aromatic N) is 5. The molecule has 1 saturated heterocycles. The van der Waals surface area contributed by atoms with Crippen molar-refractivity contribution in [1.82, 2.24) is 19.5 Å². The SMILES string of the molecule is COCCN1CCN(c2ccc(-c3cnn4c(N)c(-c5ccc(NC(=O)OCC(C)C)cc5)cnc34)cc2)CC1. The average Bonchev–Trinajstić information content (AvgIpc) is 3.41. The second kappa shape index (κ2) is 12.4. The zero-order valence-corrected chi connectivity index (χ0v) is 23.3. The Morgan fingerprint density at radius 3 is 2.33 bits per heavy atom. The number of carbonyl (C=O) groups excluding carboxylic acids is 1. The molecule has 0 radical (unpaired) electrons. The van der Waals surface area contributed by atoms with Crippen LogP contribution in [-0.4, -0.2) is 78.6 Å². The number of amides is 1. The lowest BCUT2D eigenvalue weighted by molar-refractivity contribution is 0.144. The van der Waals surface area contributed by atoms with Crippen molar-refractivity contribution in [2.75, 3.05) is 69.0 Å². The minimum absolute atomic E-state index is 0.277. The molecule has 0 unspecified atom stereocenters. The summed E-state index contributed by atoms with van der Waals surface area (Å²) < 4.78 is 12.1. The van der Waals surface area contributed by atoms with E-state index >= 15 is 0 Å². The Labute approximate surface area is 234 Å².